The van der Waals surface area contributed by atoms with Crippen LogP contribution in [0.3, 0.4) is 0 Å². The number of benzene rings is 3. The van der Waals surface area contributed by atoms with Gasteiger partial charge in [-0.25, -0.2) is 0 Å². The number of nitrogens with zero attached hydrogens (tertiary/aromatic N) is 3. The first-order valence-electron chi connectivity index (χ1n) is 11.2. The van der Waals surface area contributed by atoms with Gasteiger partial charge in [0.25, 0.3) is 0 Å². The second-order valence-corrected chi connectivity index (χ2v) is 8.91. The molecule has 4 rings (SSSR count). The van der Waals surface area contributed by atoms with Gasteiger partial charge in [-0.3, -0.25) is 4.79 Å². The summed E-state index contributed by atoms with van der Waals surface area (Å²) >= 11 is 0. The van der Waals surface area contributed by atoms with Crippen LogP contribution in [0.2, 0.25) is 0 Å². The summed E-state index contributed by atoms with van der Waals surface area (Å²) in [5, 5.41) is 20.3. The van der Waals surface area contributed by atoms with Gasteiger partial charge >= 0.3 is 0 Å². The number of phenols is 1. The van der Waals surface area contributed by atoms with Gasteiger partial charge in [-0.2, -0.15) is 0 Å². The Morgan fingerprint density at radius 3 is 2.19 bits per heavy atom. The van der Waals surface area contributed by atoms with E-state index in [9.17, 15) is 9.90 Å². The molecule has 1 N–H and O–H groups in total. The van der Waals surface area contributed by atoms with Crippen LogP contribution in [0.25, 0.3) is 16.7 Å². The molecule has 0 aliphatic rings. The molecule has 0 aliphatic carbocycles. The number of phenolic OH excluding ortho intramolecular Hbond substituents is 1. The van der Waals surface area contributed by atoms with Gasteiger partial charge in [0.2, 0.25) is 0 Å². The lowest BCUT2D eigenvalue weighted by atomic mass is 9.78. The van der Waals surface area contributed by atoms with Crippen LogP contribution < -0.4 is 0 Å². The van der Waals surface area contributed by atoms with Crippen molar-refractivity contribution in [2.24, 2.45) is 0 Å². The van der Waals surface area contributed by atoms with Crippen molar-refractivity contribution >= 4 is 16.8 Å². The molecule has 1 heterocycles. The van der Waals surface area contributed by atoms with Crippen LogP contribution in [0.1, 0.15) is 67.9 Å². The summed E-state index contributed by atoms with van der Waals surface area (Å²) < 4.78 is 0. The largest absolute Gasteiger partial charge is 0.505 e. The number of aromatic nitrogens is 3. The Balaban J connectivity index is 1.87. The predicted molar refractivity (Wildman–Crippen MR) is 128 cm³/mol. The van der Waals surface area contributed by atoms with Crippen molar-refractivity contribution in [1.82, 2.24) is 15.0 Å². The lowest BCUT2D eigenvalue weighted by Crippen LogP contribution is -2.19. The SMILES string of the molecule is CCCCCC(C)(C)c1cc(C(=O)c2ccccc2)c(O)c(-n2nc3ccccc3n2)c1. The lowest BCUT2D eigenvalue weighted by molar-refractivity contribution is 0.103. The number of hydrogen-bond acceptors (Lipinski definition) is 4. The van der Waals surface area contributed by atoms with Crippen molar-refractivity contribution in [3.63, 3.8) is 0 Å². The van der Waals surface area contributed by atoms with Crippen LogP contribution in [0.15, 0.2) is 66.7 Å². The molecule has 5 nitrogen and oxygen atoms in total. The third kappa shape index (κ3) is 4.28. The molecule has 0 unspecified atom stereocenters. The molecule has 0 saturated carbocycles. The molecule has 1 aromatic heterocycles. The first kappa shape index (κ1) is 21.8. The Bertz CT molecular complexity index is 1210. The molecule has 164 valence electrons. The Morgan fingerprint density at radius 1 is 0.938 bits per heavy atom. The van der Waals surface area contributed by atoms with Gasteiger partial charge in [0.1, 0.15) is 16.7 Å². The number of unbranched alkanes of at least 4 members (excludes halogenated alkanes) is 2. The minimum absolute atomic E-state index is 0.104. The van der Waals surface area contributed by atoms with Crippen LogP contribution in [0.4, 0.5) is 0 Å². The zero-order valence-corrected chi connectivity index (χ0v) is 18.9. The quantitative estimate of drug-likeness (QED) is 0.268. The average Bonchev–Trinajstić information content (AvgIpc) is 3.23. The fourth-order valence-corrected chi connectivity index (χ4v) is 4.01. The van der Waals surface area contributed by atoms with E-state index in [4.69, 9.17) is 0 Å². The number of rotatable bonds is 8. The summed E-state index contributed by atoms with van der Waals surface area (Å²) in [5.74, 6) is -0.320. The summed E-state index contributed by atoms with van der Waals surface area (Å²) in [7, 11) is 0. The third-order valence-electron chi connectivity index (χ3n) is 6.06. The van der Waals surface area contributed by atoms with Gasteiger partial charge in [-0.1, -0.05) is 82.5 Å². The van der Waals surface area contributed by atoms with Crippen LogP contribution in [-0.4, -0.2) is 25.9 Å². The van der Waals surface area contributed by atoms with E-state index >= 15 is 0 Å². The van der Waals surface area contributed by atoms with Crippen molar-refractivity contribution in [2.75, 3.05) is 0 Å². The molecule has 0 aliphatic heterocycles. The van der Waals surface area contributed by atoms with E-state index in [2.05, 4.69) is 31.0 Å². The maximum Gasteiger partial charge on any atom is 0.196 e. The maximum atomic E-state index is 13.4. The Kier molecular flexibility index (Phi) is 6.08. The van der Waals surface area contributed by atoms with Crippen LogP contribution in [0.5, 0.6) is 5.75 Å². The van der Waals surface area contributed by atoms with E-state index in [1.165, 1.54) is 4.80 Å². The fourth-order valence-electron chi connectivity index (χ4n) is 4.01. The third-order valence-corrected chi connectivity index (χ3v) is 6.06. The molecule has 0 radical (unpaired) electrons. The fraction of sp³-hybridized carbons (Fsp3) is 0.296. The van der Waals surface area contributed by atoms with Gasteiger partial charge < -0.3 is 5.11 Å². The van der Waals surface area contributed by atoms with Gasteiger partial charge in [0.05, 0.1) is 5.56 Å². The molecular formula is C27H29N3O2. The number of ketones is 1. The highest BCUT2D eigenvalue weighted by Gasteiger charge is 2.27. The van der Waals surface area contributed by atoms with Crippen LogP contribution in [-0.2, 0) is 5.41 Å². The molecule has 0 amide bonds. The Hall–Kier alpha value is -3.47. The highest BCUT2D eigenvalue weighted by atomic mass is 16.3. The highest BCUT2D eigenvalue weighted by molar-refractivity contribution is 6.11. The number of carbonyl (C=O) groups is 1. The monoisotopic (exact) mass is 427 g/mol. The second-order valence-electron chi connectivity index (χ2n) is 8.91. The Morgan fingerprint density at radius 2 is 1.56 bits per heavy atom. The van der Waals surface area contributed by atoms with E-state index < -0.39 is 0 Å². The number of aromatic hydroxyl groups is 1. The summed E-state index contributed by atoms with van der Waals surface area (Å²) in [6, 6.07) is 20.4. The highest BCUT2D eigenvalue weighted by Crippen LogP contribution is 2.37. The summed E-state index contributed by atoms with van der Waals surface area (Å²) in [6.07, 6.45) is 4.40. The zero-order valence-electron chi connectivity index (χ0n) is 18.9. The van der Waals surface area contributed by atoms with E-state index in [0.29, 0.717) is 11.3 Å². The zero-order chi connectivity index (χ0) is 22.7. The second kappa shape index (κ2) is 8.95. The molecule has 0 spiro atoms. The minimum atomic E-state index is -0.215. The summed E-state index contributed by atoms with van der Waals surface area (Å²) in [4.78, 5) is 14.8. The van der Waals surface area contributed by atoms with Crippen molar-refractivity contribution in [3.05, 3.63) is 83.4 Å². The molecule has 0 bridgehead atoms. The molecular weight excluding hydrogens is 398 g/mol. The van der Waals surface area contributed by atoms with E-state index in [-0.39, 0.29) is 22.5 Å². The first-order chi connectivity index (χ1) is 15.4. The average molecular weight is 428 g/mol. The standard InChI is InChI=1S/C27H29N3O2/c1-4-5-11-16-27(2,3)20-17-21(25(31)19-12-7-6-8-13-19)26(32)24(18-20)30-28-22-14-9-10-15-23(22)29-30/h6-10,12-15,17-18,32H,4-5,11,16H2,1-3H3. The molecule has 3 aromatic carbocycles. The topological polar surface area (TPSA) is 68.0 Å². The predicted octanol–water partition coefficient (Wildman–Crippen LogP) is 6.22. The number of fused-ring (bicyclic) bond motifs is 1. The summed E-state index contributed by atoms with van der Waals surface area (Å²) in [5.41, 5.74) is 3.51. The van der Waals surface area contributed by atoms with Crippen LogP contribution >= 0.6 is 0 Å². The summed E-state index contributed by atoms with van der Waals surface area (Å²) in [6.45, 7) is 6.56. The molecule has 32 heavy (non-hydrogen) atoms. The van der Waals surface area contributed by atoms with Crippen molar-refractivity contribution in [1.29, 1.82) is 0 Å². The molecule has 0 fully saturated rings. The van der Waals surface area contributed by atoms with Gasteiger partial charge in [0, 0.05) is 5.56 Å². The minimum Gasteiger partial charge on any atom is -0.505 e. The smallest absolute Gasteiger partial charge is 0.196 e. The van der Waals surface area contributed by atoms with E-state index in [0.717, 1.165) is 42.3 Å². The molecule has 0 atom stereocenters. The first-order valence-corrected chi connectivity index (χ1v) is 11.2. The van der Waals surface area contributed by atoms with Crippen molar-refractivity contribution < 1.29 is 9.90 Å². The van der Waals surface area contributed by atoms with Crippen molar-refractivity contribution in [2.45, 2.75) is 51.9 Å². The van der Waals surface area contributed by atoms with Gasteiger partial charge in [-0.05, 0) is 41.7 Å². The number of hydrogen-bond donors (Lipinski definition) is 1. The maximum absolute atomic E-state index is 13.4. The van der Waals surface area contributed by atoms with Crippen molar-refractivity contribution in [3.8, 4) is 11.4 Å². The normalized spacial score (nSPS) is 11.7. The molecule has 4 aromatic rings. The Labute approximate surface area is 188 Å². The lowest BCUT2D eigenvalue weighted by Gasteiger charge is -2.27. The number of carbonyl (C=O) groups excluding carboxylic acids is 1. The van der Waals surface area contributed by atoms with E-state index in [1.54, 1.807) is 12.1 Å². The molecule has 0 saturated heterocycles. The van der Waals surface area contributed by atoms with Gasteiger partial charge in [0.15, 0.2) is 11.5 Å². The van der Waals surface area contributed by atoms with Crippen LogP contribution in [0, 0.1) is 0 Å². The van der Waals surface area contributed by atoms with E-state index in [1.807, 2.05) is 54.6 Å². The molecule has 5 heteroatoms. The van der Waals surface area contributed by atoms with Gasteiger partial charge in [-0.15, -0.1) is 15.0 Å².